The van der Waals surface area contributed by atoms with Crippen LogP contribution in [0.5, 0.6) is 0 Å². The van der Waals surface area contributed by atoms with E-state index in [1.165, 1.54) is 4.68 Å². The van der Waals surface area contributed by atoms with Gasteiger partial charge in [-0.3, -0.25) is 4.79 Å². The van der Waals surface area contributed by atoms with Crippen molar-refractivity contribution in [2.24, 2.45) is 5.10 Å². The smallest absolute Gasteiger partial charge is 0.282 e. The van der Waals surface area contributed by atoms with Crippen molar-refractivity contribution >= 4 is 54.9 Å². The van der Waals surface area contributed by atoms with Gasteiger partial charge in [-0.1, -0.05) is 53.2 Å². The van der Waals surface area contributed by atoms with Crippen LogP contribution >= 0.6 is 15.9 Å². The van der Waals surface area contributed by atoms with E-state index in [0.717, 1.165) is 32.7 Å². The number of para-hydroxylation sites is 2. The Balaban J connectivity index is 1.56. The van der Waals surface area contributed by atoms with E-state index in [1.807, 2.05) is 54.6 Å². The van der Waals surface area contributed by atoms with Crippen molar-refractivity contribution in [2.75, 3.05) is 0 Å². The van der Waals surface area contributed by atoms with Crippen LogP contribution in [0.3, 0.4) is 0 Å². The van der Waals surface area contributed by atoms with Crippen molar-refractivity contribution in [1.29, 1.82) is 0 Å². The van der Waals surface area contributed by atoms with E-state index in [9.17, 15) is 4.79 Å². The van der Waals surface area contributed by atoms with Gasteiger partial charge >= 0.3 is 0 Å². The summed E-state index contributed by atoms with van der Waals surface area (Å²) in [5, 5.41) is 7.17. The number of nitrogens with zero attached hydrogens (tertiary/aromatic N) is 4. The summed E-state index contributed by atoms with van der Waals surface area (Å²) in [5.41, 5.74) is 3.13. The highest BCUT2D eigenvalue weighted by atomic mass is 79.9. The Labute approximate surface area is 215 Å². The Morgan fingerprint density at radius 3 is 2.67 bits per heavy atom. The number of hydrogen-bond donors (Lipinski definition) is 0. The van der Waals surface area contributed by atoms with Crippen molar-refractivity contribution in [1.82, 2.24) is 14.2 Å². The van der Waals surface area contributed by atoms with Crippen LogP contribution in [0.2, 0.25) is 0 Å². The van der Waals surface area contributed by atoms with Crippen molar-refractivity contribution in [2.45, 2.75) is 26.3 Å². The number of furan rings is 1. The van der Waals surface area contributed by atoms with Crippen LogP contribution in [0.4, 0.5) is 0 Å². The molecule has 0 spiro atoms. The van der Waals surface area contributed by atoms with Gasteiger partial charge in [-0.2, -0.15) is 9.78 Å². The molecule has 3 aromatic carbocycles. The fourth-order valence-electron chi connectivity index (χ4n) is 4.53. The number of aromatic nitrogens is 3. The minimum absolute atomic E-state index is 0.251. The SMILES string of the molecule is CC[C@@H](C)n1cc(C=Nn2c(-c3cc4cc(Br)ccc4o3)nc3ccccc3c2=O)c2ccccc21. The summed E-state index contributed by atoms with van der Waals surface area (Å²) in [6, 6.07) is 23.5. The van der Waals surface area contributed by atoms with Crippen LogP contribution in [0.1, 0.15) is 31.9 Å². The normalized spacial score (nSPS) is 12.9. The molecule has 0 aliphatic heterocycles. The largest absolute Gasteiger partial charge is 0.453 e. The van der Waals surface area contributed by atoms with E-state index in [0.29, 0.717) is 34.1 Å². The zero-order valence-electron chi connectivity index (χ0n) is 19.9. The summed E-state index contributed by atoms with van der Waals surface area (Å²) in [7, 11) is 0. The van der Waals surface area contributed by atoms with Crippen LogP contribution < -0.4 is 5.56 Å². The maximum absolute atomic E-state index is 13.6. The first kappa shape index (κ1) is 22.5. The lowest BCUT2D eigenvalue weighted by atomic mass is 10.2. The van der Waals surface area contributed by atoms with E-state index in [2.05, 4.69) is 57.8 Å². The zero-order chi connectivity index (χ0) is 24.8. The molecule has 7 heteroatoms. The molecule has 3 heterocycles. The lowest BCUT2D eigenvalue weighted by molar-refractivity contribution is 0.548. The summed E-state index contributed by atoms with van der Waals surface area (Å²) in [6.45, 7) is 4.37. The van der Waals surface area contributed by atoms with Crippen LogP contribution in [0.25, 0.3) is 44.4 Å². The van der Waals surface area contributed by atoms with Gasteiger partial charge in [0.2, 0.25) is 5.82 Å². The first-order chi connectivity index (χ1) is 17.5. The Morgan fingerprint density at radius 2 is 1.83 bits per heavy atom. The predicted octanol–water partition coefficient (Wildman–Crippen LogP) is 7.38. The monoisotopic (exact) mass is 538 g/mol. The molecule has 36 heavy (non-hydrogen) atoms. The molecule has 0 aliphatic carbocycles. The highest BCUT2D eigenvalue weighted by Crippen LogP contribution is 2.30. The molecule has 6 rings (SSSR count). The second kappa shape index (κ2) is 8.91. The summed E-state index contributed by atoms with van der Waals surface area (Å²) in [5.74, 6) is 0.832. The topological polar surface area (TPSA) is 65.3 Å². The average molecular weight is 539 g/mol. The third-order valence-electron chi connectivity index (χ3n) is 6.60. The molecular formula is C29H23BrN4O2. The predicted molar refractivity (Wildman–Crippen MR) is 149 cm³/mol. The number of fused-ring (bicyclic) bond motifs is 3. The van der Waals surface area contributed by atoms with Crippen LogP contribution in [0.15, 0.2) is 97.8 Å². The fraction of sp³-hybridized carbons (Fsp3) is 0.138. The Bertz CT molecular complexity index is 1840. The number of benzene rings is 3. The van der Waals surface area contributed by atoms with Gasteiger partial charge in [-0.05, 0) is 55.8 Å². The molecule has 0 aliphatic rings. The first-order valence-electron chi connectivity index (χ1n) is 11.9. The van der Waals surface area contributed by atoms with E-state index in [1.54, 1.807) is 12.3 Å². The maximum atomic E-state index is 13.6. The molecule has 0 saturated carbocycles. The van der Waals surface area contributed by atoms with Gasteiger partial charge in [-0.25, -0.2) is 4.98 Å². The van der Waals surface area contributed by atoms with E-state index in [4.69, 9.17) is 9.40 Å². The van der Waals surface area contributed by atoms with Gasteiger partial charge in [0.15, 0.2) is 5.76 Å². The van der Waals surface area contributed by atoms with Gasteiger partial charge in [0, 0.05) is 38.6 Å². The number of halogens is 1. The fourth-order valence-corrected chi connectivity index (χ4v) is 4.91. The molecule has 0 amide bonds. The first-order valence-corrected chi connectivity index (χ1v) is 12.7. The van der Waals surface area contributed by atoms with Gasteiger partial charge in [-0.15, -0.1) is 0 Å². The molecule has 6 nitrogen and oxygen atoms in total. The van der Waals surface area contributed by atoms with Crippen molar-refractivity contribution < 1.29 is 4.42 Å². The van der Waals surface area contributed by atoms with Gasteiger partial charge in [0.05, 0.1) is 17.1 Å². The maximum Gasteiger partial charge on any atom is 0.282 e. The summed E-state index contributed by atoms with van der Waals surface area (Å²) in [6.07, 6.45) is 4.84. The molecule has 6 aromatic rings. The molecule has 3 aromatic heterocycles. The third-order valence-corrected chi connectivity index (χ3v) is 7.10. The lowest BCUT2D eigenvalue weighted by Crippen LogP contribution is -2.20. The highest BCUT2D eigenvalue weighted by Gasteiger charge is 2.17. The third kappa shape index (κ3) is 3.76. The second-order valence-corrected chi connectivity index (χ2v) is 9.79. The van der Waals surface area contributed by atoms with Gasteiger partial charge in [0.25, 0.3) is 5.56 Å². The van der Waals surface area contributed by atoms with Crippen molar-refractivity contribution in [3.63, 3.8) is 0 Å². The quantitative estimate of drug-likeness (QED) is 0.215. The molecule has 178 valence electrons. The van der Waals surface area contributed by atoms with Crippen molar-refractivity contribution in [3.8, 4) is 11.6 Å². The number of hydrogen-bond acceptors (Lipinski definition) is 4. The molecule has 0 N–H and O–H groups in total. The van der Waals surface area contributed by atoms with Crippen molar-refractivity contribution in [3.05, 3.63) is 99.4 Å². The van der Waals surface area contributed by atoms with E-state index >= 15 is 0 Å². The molecule has 0 saturated heterocycles. The summed E-state index contributed by atoms with van der Waals surface area (Å²) >= 11 is 3.51. The minimum Gasteiger partial charge on any atom is -0.453 e. The van der Waals surface area contributed by atoms with Crippen LogP contribution in [-0.2, 0) is 0 Å². The Hall–Kier alpha value is -3.97. The second-order valence-electron chi connectivity index (χ2n) is 8.87. The highest BCUT2D eigenvalue weighted by molar-refractivity contribution is 9.10. The van der Waals surface area contributed by atoms with Gasteiger partial charge < -0.3 is 8.98 Å². The minimum atomic E-state index is -0.251. The summed E-state index contributed by atoms with van der Waals surface area (Å²) in [4.78, 5) is 18.4. The number of rotatable bonds is 5. The molecule has 1 atom stereocenters. The van der Waals surface area contributed by atoms with E-state index < -0.39 is 0 Å². The average Bonchev–Trinajstić information content (AvgIpc) is 3.49. The Morgan fingerprint density at radius 1 is 1.06 bits per heavy atom. The summed E-state index contributed by atoms with van der Waals surface area (Å²) < 4.78 is 10.6. The standard InChI is InChI=1S/C29H23BrN4O2/c1-3-18(2)33-17-20(22-8-5-7-11-25(22)33)16-31-34-28(32-24-10-6-4-9-23(24)29(34)35)27-15-19-14-21(30)12-13-26(19)36-27/h4-18H,3H2,1-2H3/t18-/m1/s1. The van der Waals surface area contributed by atoms with Gasteiger partial charge in [0.1, 0.15) is 5.58 Å². The van der Waals surface area contributed by atoms with Crippen LogP contribution in [-0.4, -0.2) is 20.4 Å². The molecule has 0 radical (unpaired) electrons. The van der Waals surface area contributed by atoms with E-state index in [-0.39, 0.29) is 5.56 Å². The molecule has 0 bridgehead atoms. The molecular weight excluding hydrogens is 516 g/mol. The Kier molecular flexibility index (Phi) is 5.57. The molecule has 0 fully saturated rings. The lowest BCUT2D eigenvalue weighted by Gasteiger charge is -2.12. The zero-order valence-corrected chi connectivity index (χ0v) is 21.4. The van der Waals surface area contributed by atoms with Crippen LogP contribution in [0, 0.1) is 0 Å². The molecule has 0 unspecified atom stereocenters.